The number of nitrogens with one attached hydrogen (secondary N) is 1. The third kappa shape index (κ3) is 3.78. The molecule has 2 aromatic carbocycles. The predicted molar refractivity (Wildman–Crippen MR) is 103 cm³/mol. The molecule has 0 unspecified atom stereocenters. The average Bonchev–Trinajstić information content (AvgIpc) is 3.21. The Morgan fingerprint density at radius 3 is 2.67 bits per heavy atom. The summed E-state index contributed by atoms with van der Waals surface area (Å²) in [7, 11) is 0. The summed E-state index contributed by atoms with van der Waals surface area (Å²) in [6.45, 7) is 0.268. The minimum atomic E-state index is -0.313. The molecule has 4 aromatic rings. The Morgan fingerprint density at radius 1 is 1.04 bits per heavy atom. The lowest BCUT2D eigenvalue weighted by Gasteiger charge is -2.06. The van der Waals surface area contributed by atoms with E-state index < -0.39 is 0 Å². The molecule has 0 atom stereocenters. The standard InChI is InChI=1S/C21H15ClN2O3/c22-17-8-2-3-9-18(17)24-21-16(12-14-6-1-4-10-19(14)27-21)20(25)23-13-15-7-5-11-26-15/h1-12H,13H2,(H,23,25). The molecule has 0 bridgehead atoms. The maximum absolute atomic E-state index is 12.8. The molecule has 134 valence electrons. The number of fused-ring (bicyclic) bond motifs is 1. The summed E-state index contributed by atoms with van der Waals surface area (Å²) in [6, 6.07) is 19.9. The fraction of sp³-hybridized carbons (Fsp3) is 0.0476. The Morgan fingerprint density at radius 2 is 1.85 bits per heavy atom. The van der Waals surface area contributed by atoms with Crippen molar-refractivity contribution in [2.24, 2.45) is 4.99 Å². The highest BCUT2D eigenvalue weighted by molar-refractivity contribution is 6.32. The summed E-state index contributed by atoms with van der Waals surface area (Å²) in [4.78, 5) is 17.2. The second-order valence-electron chi connectivity index (χ2n) is 5.83. The normalized spacial score (nSPS) is 11.7. The van der Waals surface area contributed by atoms with Crippen LogP contribution < -0.4 is 10.9 Å². The first-order chi connectivity index (χ1) is 13.2. The van der Waals surface area contributed by atoms with E-state index in [1.165, 1.54) is 0 Å². The number of benzene rings is 2. The maximum atomic E-state index is 12.8. The number of carbonyl (C=O) groups is 1. The highest BCUT2D eigenvalue weighted by Crippen LogP contribution is 2.23. The third-order valence-corrected chi connectivity index (χ3v) is 4.30. The topological polar surface area (TPSA) is 67.7 Å². The first kappa shape index (κ1) is 17.1. The molecule has 1 N–H and O–H groups in total. The Kier molecular flexibility index (Phi) is 4.77. The largest absolute Gasteiger partial charge is 0.467 e. The molecule has 0 aliphatic rings. The minimum Gasteiger partial charge on any atom is -0.467 e. The molecule has 0 saturated heterocycles. The summed E-state index contributed by atoms with van der Waals surface area (Å²) in [5.41, 5.74) is 1.67. The van der Waals surface area contributed by atoms with Crippen LogP contribution in [0.4, 0.5) is 5.69 Å². The van der Waals surface area contributed by atoms with E-state index in [-0.39, 0.29) is 18.0 Å². The molecule has 0 saturated carbocycles. The zero-order valence-electron chi connectivity index (χ0n) is 14.2. The van der Waals surface area contributed by atoms with Crippen LogP contribution in [0.2, 0.25) is 5.02 Å². The Hall–Kier alpha value is -3.31. The summed E-state index contributed by atoms with van der Waals surface area (Å²) in [5.74, 6) is 0.345. The van der Waals surface area contributed by atoms with Crippen molar-refractivity contribution in [3.8, 4) is 0 Å². The fourth-order valence-corrected chi connectivity index (χ4v) is 2.82. The third-order valence-electron chi connectivity index (χ3n) is 3.98. The highest BCUT2D eigenvalue weighted by Gasteiger charge is 2.13. The SMILES string of the molecule is O=C(NCc1ccco1)c1cc2ccccc2oc1=Nc1ccccc1Cl. The van der Waals surface area contributed by atoms with Crippen LogP contribution in [0.25, 0.3) is 11.0 Å². The van der Waals surface area contributed by atoms with Gasteiger partial charge in [-0.15, -0.1) is 0 Å². The number of para-hydroxylation sites is 2. The lowest BCUT2D eigenvalue weighted by Crippen LogP contribution is -2.28. The van der Waals surface area contributed by atoms with Crippen LogP contribution in [-0.2, 0) is 6.54 Å². The van der Waals surface area contributed by atoms with E-state index >= 15 is 0 Å². The van der Waals surface area contributed by atoms with Gasteiger partial charge in [0.1, 0.15) is 16.9 Å². The maximum Gasteiger partial charge on any atom is 0.257 e. The van der Waals surface area contributed by atoms with Gasteiger partial charge in [-0.2, -0.15) is 0 Å². The van der Waals surface area contributed by atoms with E-state index in [1.807, 2.05) is 36.4 Å². The number of hydrogen-bond donors (Lipinski definition) is 1. The zero-order valence-corrected chi connectivity index (χ0v) is 14.9. The first-order valence-electron chi connectivity index (χ1n) is 8.33. The van der Waals surface area contributed by atoms with Crippen molar-refractivity contribution in [3.05, 3.63) is 94.9 Å². The molecule has 0 radical (unpaired) electrons. The number of amides is 1. The Bertz CT molecular complexity index is 1160. The lowest BCUT2D eigenvalue weighted by atomic mass is 10.1. The molecular formula is C21H15ClN2O3. The monoisotopic (exact) mass is 378 g/mol. The van der Waals surface area contributed by atoms with Crippen LogP contribution in [0.15, 0.2) is 86.8 Å². The first-order valence-corrected chi connectivity index (χ1v) is 8.71. The second kappa shape index (κ2) is 7.51. The van der Waals surface area contributed by atoms with Crippen molar-refractivity contribution in [1.82, 2.24) is 5.32 Å². The number of furan rings is 1. The fourth-order valence-electron chi connectivity index (χ4n) is 2.64. The van der Waals surface area contributed by atoms with Gasteiger partial charge in [0, 0.05) is 5.39 Å². The van der Waals surface area contributed by atoms with Gasteiger partial charge in [-0.3, -0.25) is 4.79 Å². The molecular weight excluding hydrogens is 364 g/mol. The van der Waals surface area contributed by atoms with Gasteiger partial charge in [-0.05, 0) is 36.4 Å². The smallest absolute Gasteiger partial charge is 0.257 e. The summed E-state index contributed by atoms with van der Waals surface area (Å²) >= 11 is 6.20. The molecule has 0 fully saturated rings. The van der Waals surface area contributed by atoms with Crippen LogP contribution in [0.3, 0.4) is 0 Å². The van der Waals surface area contributed by atoms with Crippen molar-refractivity contribution >= 4 is 34.2 Å². The molecule has 0 aliphatic heterocycles. The van der Waals surface area contributed by atoms with Crippen molar-refractivity contribution in [3.63, 3.8) is 0 Å². The molecule has 6 heteroatoms. The number of carbonyl (C=O) groups excluding carboxylic acids is 1. The van der Waals surface area contributed by atoms with Crippen LogP contribution >= 0.6 is 11.6 Å². The van der Waals surface area contributed by atoms with Gasteiger partial charge in [-0.25, -0.2) is 4.99 Å². The Balaban J connectivity index is 1.79. The van der Waals surface area contributed by atoms with Gasteiger partial charge in [0.05, 0.1) is 23.5 Å². The predicted octanol–water partition coefficient (Wildman–Crippen LogP) is 4.84. The quantitative estimate of drug-likeness (QED) is 0.552. The van der Waals surface area contributed by atoms with E-state index in [4.69, 9.17) is 20.4 Å². The van der Waals surface area contributed by atoms with Crippen LogP contribution in [-0.4, -0.2) is 5.91 Å². The lowest BCUT2D eigenvalue weighted by molar-refractivity contribution is 0.0944. The van der Waals surface area contributed by atoms with Gasteiger partial charge in [0.25, 0.3) is 5.91 Å². The van der Waals surface area contributed by atoms with Gasteiger partial charge < -0.3 is 14.2 Å². The number of halogens is 1. The summed E-state index contributed by atoms with van der Waals surface area (Å²) < 4.78 is 11.2. The Labute approximate surface area is 159 Å². The van der Waals surface area contributed by atoms with Crippen molar-refractivity contribution < 1.29 is 13.6 Å². The molecule has 4 rings (SSSR count). The van der Waals surface area contributed by atoms with E-state index in [0.29, 0.717) is 27.6 Å². The van der Waals surface area contributed by atoms with Gasteiger partial charge in [0.15, 0.2) is 0 Å². The minimum absolute atomic E-state index is 0.193. The summed E-state index contributed by atoms with van der Waals surface area (Å²) in [5, 5.41) is 4.10. The molecule has 2 heterocycles. The number of hydrogen-bond acceptors (Lipinski definition) is 4. The van der Waals surface area contributed by atoms with Crippen molar-refractivity contribution in [1.29, 1.82) is 0 Å². The second-order valence-corrected chi connectivity index (χ2v) is 6.24. The van der Waals surface area contributed by atoms with Gasteiger partial charge >= 0.3 is 0 Å². The van der Waals surface area contributed by atoms with Gasteiger partial charge in [0.2, 0.25) is 5.55 Å². The van der Waals surface area contributed by atoms with E-state index in [1.54, 1.807) is 36.6 Å². The molecule has 5 nitrogen and oxygen atoms in total. The van der Waals surface area contributed by atoms with E-state index in [0.717, 1.165) is 5.39 Å². The molecule has 1 amide bonds. The highest BCUT2D eigenvalue weighted by atomic mass is 35.5. The van der Waals surface area contributed by atoms with Crippen molar-refractivity contribution in [2.45, 2.75) is 6.54 Å². The van der Waals surface area contributed by atoms with Crippen LogP contribution in [0, 0.1) is 0 Å². The molecule has 27 heavy (non-hydrogen) atoms. The van der Waals surface area contributed by atoms with E-state index in [2.05, 4.69) is 10.3 Å². The summed E-state index contributed by atoms with van der Waals surface area (Å²) in [6.07, 6.45) is 1.56. The van der Waals surface area contributed by atoms with E-state index in [9.17, 15) is 4.79 Å². The number of rotatable bonds is 4. The number of nitrogens with zero attached hydrogens (tertiary/aromatic N) is 1. The average molecular weight is 379 g/mol. The van der Waals surface area contributed by atoms with Gasteiger partial charge in [-0.1, -0.05) is 41.9 Å². The van der Waals surface area contributed by atoms with Crippen LogP contribution in [0.1, 0.15) is 16.1 Å². The zero-order chi connectivity index (χ0) is 18.6. The molecule has 2 aromatic heterocycles. The molecule has 0 aliphatic carbocycles. The molecule has 0 spiro atoms. The van der Waals surface area contributed by atoms with Crippen LogP contribution in [0.5, 0.6) is 0 Å². The van der Waals surface area contributed by atoms with Crippen molar-refractivity contribution in [2.75, 3.05) is 0 Å².